The molecule has 4 rings (SSSR count). The maximum absolute atomic E-state index is 13.6. The summed E-state index contributed by atoms with van der Waals surface area (Å²) in [5, 5.41) is 15.3. The van der Waals surface area contributed by atoms with Crippen molar-refractivity contribution in [1.82, 2.24) is 15.5 Å². The Bertz CT molecular complexity index is 1470. The minimum atomic E-state index is -1.01. The second kappa shape index (κ2) is 19.9. The minimum Gasteiger partial charge on any atom is -0.462 e. The highest BCUT2D eigenvalue weighted by atomic mass is 32.2. The number of hydrogen-bond acceptors (Lipinski definition) is 8. The molecule has 11 heteroatoms. The van der Waals surface area contributed by atoms with Crippen LogP contribution >= 0.6 is 11.8 Å². The van der Waals surface area contributed by atoms with Gasteiger partial charge in [-0.15, -0.1) is 0 Å². The Morgan fingerprint density at radius 2 is 1.52 bits per heavy atom. The van der Waals surface area contributed by atoms with Gasteiger partial charge < -0.3 is 30.1 Å². The molecule has 0 spiro atoms. The Labute approximate surface area is 285 Å². The zero-order valence-electron chi connectivity index (χ0n) is 26.9. The summed E-state index contributed by atoms with van der Waals surface area (Å²) < 4.78 is 11.0. The maximum Gasteiger partial charge on any atom is 0.408 e. The summed E-state index contributed by atoms with van der Waals surface area (Å²) in [4.78, 5) is 54.5. The fourth-order valence-electron chi connectivity index (χ4n) is 5.08. The van der Waals surface area contributed by atoms with Crippen LogP contribution in [0.3, 0.4) is 0 Å². The van der Waals surface area contributed by atoms with Gasteiger partial charge >= 0.3 is 12.1 Å². The molecular weight excluding hydrogens is 630 g/mol. The third-order valence-electron chi connectivity index (χ3n) is 7.68. The van der Waals surface area contributed by atoms with Crippen molar-refractivity contribution >= 4 is 35.6 Å². The van der Waals surface area contributed by atoms with Crippen LogP contribution in [0.15, 0.2) is 103 Å². The van der Waals surface area contributed by atoms with E-state index < -0.39 is 30.1 Å². The van der Waals surface area contributed by atoms with E-state index in [1.54, 1.807) is 28.8 Å². The SMILES string of the molecule is O=C(N[C@@H]1CC=CC[C@H](CC(=O)N(CCO)Cc2ccccc2)C(=O)N[C@@H](CSCc2ccccc2)COC1=O)OCc1ccccc1. The molecule has 3 aromatic rings. The Hall–Kier alpha value is -4.61. The van der Waals surface area contributed by atoms with Gasteiger partial charge in [0.25, 0.3) is 0 Å². The lowest BCUT2D eigenvalue weighted by Crippen LogP contribution is -2.47. The number of aliphatic hydroxyl groups is 1. The van der Waals surface area contributed by atoms with Crippen LogP contribution in [0.1, 0.15) is 36.0 Å². The molecule has 254 valence electrons. The zero-order valence-corrected chi connectivity index (χ0v) is 27.7. The van der Waals surface area contributed by atoms with Crippen molar-refractivity contribution in [3.05, 3.63) is 120 Å². The van der Waals surface area contributed by atoms with Crippen molar-refractivity contribution in [1.29, 1.82) is 0 Å². The van der Waals surface area contributed by atoms with Gasteiger partial charge in [-0.25, -0.2) is 9.59 Å². The molecule has 48 heavy (non-hydrogen) atoms. The van der Waals surface area contributed by atoms with E-state index in [2.05, 4.69) is 10.6 Å². The van der Waals surface area contributed by atoms with Crippen LogP contribution in [0.5, 0.6) is 0 Å². The highest BCUT2D eigenvalue weighted by Gasteiger charge is 2.29. The van der Waals surface area contributed by atoms with Gasteiger partial charge in [-0.2, -0.15) is 11.8 Å². The van der Waals surface area contributed by atoms with Gasteiger partial charge in [0, 0.05) is 31.0 Å². The topological polar surface area (TPSA) is 134 Å². The molecule has 10 nitrogen and oxygen atoms in total. The number of carbonyl (C=O) groups is 4. The number of allylic oxidation sites excluding steroid dienone is 1. The number of rotatable bonds is 13. The van der Waals surface area contributed by atoms with Gasteiger partial charge in [0.15, 0.2) is 0 Å². The summed E-state index contributed by atoms with van der Waals surface area (Å²) in [6.45, 7) is 0.180. The number of esters is 1. The molecule has 0 unspecified atom stereocenters. The van der Waals surface area contributed by atoms with Crippen molar-refractivity contribution in [2.24, 2.45) is 5.92 Å². The summed E-state index contributed by atoms with van der Waals surface area (Å²) >= 11 is 1.58. The number of amides is 3. The van der Waals surface area contributed by atoms with Crippen LogP contribution in [0.25, 0.3) is 0 Å². The number of nitrogens with zero attached hydrogens (tertiary/aromatic N) is 1. The lowest BCUT2D eigenvalue weighted by molar-refractivity contribution is -0.147. The first-order valence-electron chi connectivity index (χ1n) is 16.0. The van der Waals surface area contributed by atoms with Crippen molar-refractivity contribution in [3.8, 4) is 0 Å². The predicted molar refractivity (Wildman–Crippen MR) is 184 cm³/mol. The minimum absolute atomic E-state index is 0.0459. The number of benzene rings is 3. The molecule has 3 N–H and O–H groups in total. The standard InChI is InChI=1S/C37H43N3O7S/c41-21-20-40(23-28-12-4-1-5-13-28)34(42)22-31-18-10-11-19-33(39-37(45)47-24-29-14-6-2-7-15-29)36(44)46-25-32(38-35(31)43)27-48-26-30-16-8-3-9-17-30/h1-17,31-33,41H,18-27H2,(H,38,43)(H,39,45)/t31-,32-,33-/m1/s1. The quantitative estimate of drug-likeness (QED) is 0.177. The van der Waals surface area contributed by atoms with Crippen LogP contribution < -0.4 is 10.6 Å². The van der Waals surface area contributed by atoms with Crippen LogP contribution in [0, 0.1) is 5.92 Å². The van der Waals surface area contributed by atoms with E-state index >= 15 is 0 Å². The van der Waals surface area contributed by atoms with E-state index in [4.69, 9.17) is 9.47 Å². The van der Waals surface area contributed by atoms with E-state index in [9.17, 15) is 24.3 Å². The molecule has 3 atom stereocenters. The number of cyclic esters (lactones) is 1. The maximum atomic E-state index is 13.6. The van der Waals surface area contributed by atoms with E-state index in [0.717, 1.165) is 16.7 Å². The Morgan fingerprint density at radius 3 is 2.19 bits per heavy atom. The van der Waals surface area contributed by atoms with Crippen molar-refractivity contribution < 1.29 is 33.8 Å². The largest absolute Gasteiger partial charge is 0.462 e. The lowest BCUT2D eigenvalue weighted by Gasteiger charge is -2.26. The Balaban J connectivity index is 1.46. The van der Waals surface area contributed by atoms with Gasteiger partial charge in [-0.05, 0) is 29.5 Å². The highest BCUT2D eigenvalue weighted by molar-refractivity contribution is 7.98. The summed E-state index contributed by atoms with van der Waals surface area (Å²) in [6.07, 6.45) is 2.96. The smallest absolute Gasteiger partial charge is 0.408 e. The van der Waals surface area contributed by atoms with Crippen molar-refractivity contribution in [2.45, 2.75) is 50.3 Å². The van der Waals surface area contributed by atoms with Crippen LogP contribution in [-0.2, 0) is 42.8 Å². The molecule has 1 aliphatic rings. The molecule has 1 heterocycles. The fourth-order valence-corrected chi connectivity index (χ4v) is 6.09. The number of nitrogens with one attached hydrogen (secondary N) is 2. The first kappa shape index (κ1) is 36.2. The number of aliphatic hydroxyl groups excluding tert-OH is 1. The Morgan fingerprint density at radius 1 is 0.896 bits per heavy atom. The zero-order chi connectivity index (χ0) is 34.0. The second-order valence-corrected chi connectivity index (χ2v) is 12.5. The van der Waals surface area contributed by atoms with Crippen molar-refractivity contribution in [3.63, 3.8) is 0 Å². The summed E-state index contributed by atoms with van der Waals surface area (Å²) in [6, 6.07) is 27.0. The first-order valence-corrected chi connectivity index (χ1v) is 17.2. The van der Waals surface area contributed by atoms with Crippen LogP contribution in [-0.4, -0.2) is 71.5 Å². The average molecular weight is 674 g/mol. The molecular formula is C37H43N3O7S. The second-order valence-electron chi connectivity index (χ2n) is 11.5. The molecule has 0 fully saturated rings. The highest BCUT2D eigenvalue weighted by Crippen LogP contribution is 2.18. The normalized spacial score (nSPS) is 18.4. The number of ether oxygens (including phenoxy) is 2. The molecule has 0 bridgehead atoms. The molecule has 0 radical (unpaired) electrons. The summed E-state index contributed by atoms with van der Waals surface area (Å²) in [5.74, 6) is -0.778. The van der Waals surface area contributed by atoms with Crippen molar-refractivity contribution in [2.75, 3.05) is 25.5 Å². The molecule has 1 aliphatic heterocycles. The van der Waals surface area contributed by atoms with Gasteiger partial charge in [0.1, 0.15) is 19.3 Å². The summed E-state index contributed by atoms with van der Waals surface area (Å²) in [5.41, 5.74) is 2.84. The number of carbonyl (C=O) groups excluding carboxylic acids is 4. The third kappa shape index (κ3) is 12.5. The fraction of sp³-hybridized carbons (Fsp3) is 0.351. The molecule has 0 aliphatic carbocycles. The molecule has 0 aromatic heterocycles. The number of alkyl carbamates (subject to hydrolysis) is 1. The van der Waals surface area contributed by atoms with E-state index in [1.807, 2.05) is 91.0 Å². The molecule has 0 saturated carbocycles. The van der Waals surface area contributed by atoms with Gasteiger partial charge in [0.05, 0.1) is 18.6 Å². The first-order chi connectivity index (χ1) is 23.4. The van der Waals surface area contributed by atoms with Crippen LogP contribution in [0.2, 0.25) is 0 Å². The molecule has 3 aromatic carbocycles. The van der Waals surface area contributed by atoms with E-state index in [1.165, 1.54) is 0 Å². The van der Waals surface area contributed by atoms with Gasteiger partial charge in [-0.1, -0.05) is 103 Å². The Kier molecular flexibility index (Phi) is 15.0. The monoisotopic (exact) mass is 673 g/mol. The summed E-state index contributed by atoms with van der Waals surface area (Å²) in [7, 11) is 0. The molecule has 3 amide bonds. The number of thioether (sulfide) groups is 1. The van der Waals surface area contributed by atoms with E-state index in [0.29, 0.717) is 18.1 Å². The number of hydrogen-bond donors (Lipinski definition) is 3. The van der Waals surface area contributed by atoms with Gasteiger partial charge in [0.2, 0.25) is 11.8 Å². The third-order valence-corrected chi connectivity index (χ3v) is 8.86. The van der Waals surface area contributed by atoms with Crippen LogP contribution in [0.4, 0.5) is 4.79 Å². The van der Waals surface area contributed by atoms with E-state index in [-0.39, 0.29) is 57.4 Å². The average Bonchev–Trinajstić information content (AvgIpc) is 3.10. The molecule has 0 saturated heterocycles. The predicted octanol–water partition coefficient (Wildman–Crippen LogP) is 4.62. The lowest BCUT2D eigenvalue weighted by atomic mass is 9.97. The van der Waals surface area contributed by atoms with Gasteiger partial charge in [-0.3, -0.25) is 9.59 Å².